The number of nitrogens with zero attached hydrogens (tertiary/aromatic N) is 3. The second kappa shape index (κ2) is 7.36. The second-order valence-electron chi connectivity index (χ2n) is 6.13. The molecule has 0 amide bonds. The van der Waals surface area contributed by atoms with Crippen LogP contribution in [-0.4, -0.2) is 47.5 Å². The molecule has 0 spiro atoms. The van der Waals surface area contributed by atoms with E-state index in [0.29, 0.717) is 0 Å². The predicted molar refractivity (Wildman–Crippen MR) is 94.3 cm³/mol. The van der Waals surface area contributed by atoms with Crippen LogP contribution in [0.1, 0.15) is 24.6 Å². The van der Waals surface area contributed by atoms with Gasteiger partial charge < -0.3 is 4.90 Å². The molecule has 0 aliphatic carbocycles. The predicted octanol–water partition coefficient (Wildman–Crippen LogP) is 3.65. The molecule has 1 aliphatic heterocycles. The first-order valence-electron chi connectivity index (χ1n) is 8.21. The lowest BCUT2D eigenvalue weighted by molar-refractivity contribution is 0.126. The quantitative estimate of drug-likeness (QED) is 0.839. The van der Waals surface area contributed by atoms with Gasteiger partial charge in [-0.1, -0.05) is 30.7 Å². The van der Waals surface area contributed by atoms with E-state index in [1.807, 2.05) is 0 Å². The number of aryl methyl sites for hydroxylation is 1. The molecule has 1 saturated heterocycles. The van der Waals surface area contributed by atoms with Gasteiger partial charge in [-0.15, -0.1) is 11.3 Å². The Bertz CT molecular complexity index is 600. The average Bonchev–Trinajstić information content (AvgIpc) is 2.98. The van der Waals surface area contributed by atoms with Crippen molar-refractivity contribution in [3.63, 3.8) is 0 Å². The van der Waals surface area contributed by atoms with Crippen molar-refractivity contribution in [2.45, 2.75) is 26.8 Å². The third kappa shape index (κ3) is 3.94. The summed E-state index contributed by atoms with van der Waals surface area (Å²) in [5, 5.41) is 3.36. The molecule has 2 aromatic rings. The smallest absolute Gasteiger partial charge is 0.123 e. The van der Waals surface area contributed by atoms with Crippen molar-refractivity contribution >= 4 is 11.3 Å². The van der Waals surface area contributed by atoms with Crippen molar-refractivity contribution < 1.29 is 0 Å². The first kappa shape index (κ1) is 15.7. The van der Waals surface area contributed by atoms with Gasteiger partial charge >= 0.3 is 0 Å². The van der Waals surface area contributed by atoms with Crippen LogP contribution in [-0.2, 0) is 6.54 Å². The summed E-state index contributed by atoms with van der Waals surface area (Å²) in [4.78, 5) is 9.93. The van der Waals surface area contributed by atoms with Crippen LogP contribution >= 0.6 is 11.3 Å². The number of piperazine rings is 1. The van der Waals surface area contributed by atoms with Gasteiger partial charge in [0.25, 0.3) is 0 Å². The first-order valence-corrected chi connectivity index (χ1v) is 9.08. The normalized spacial score (nSPS) is 17.0. The minimum atomic E-state index is 0.988. The van der Waals surface area contributed by atoms with E-state index in [4.69, 9.17) is 4.98 Å². The van der Waals surface area contributed by atoms with Crippen LogP contribution in [0, 0.1) is 6.92 Å². The van der Waals surface area contributed by atoms with E-state index in [2.05, 4.69) is 53.3 Å². The number of thiazole rings is 1. The van der Waals surface area contributed by atoms with Crippen molar-refractivity contribution in [1.82, 2.24) is 14.8 Å². The summed E-state index contributed by atoms with van der Waals surface area (Å²) in [6.45, 7) is 11.3. The van der Waals surface area contributed by atoms with Crippen LogP contribution in [0.25, 0.3) is 10.6 Å². The Balaban J connectivity index is 1.58. The van der Waals surface area contributed by atoms with E-state index in [1.54, 1.807) is 11.3 Å². The minimum absolute atomic E-state index is 0.988. The summed E-state index contributed by atoms with van der Waals surface area (Å²) in [6, 6.07) is 8.61. The van der Waals surface area contributed by atoms with E-state index < -0.39 is 0 Å². The molecule has 118 valence electrons. The molecule has 0 radical (unpaired) electrons. The Morgan fingerprint density at radius 1 is 1.14 bits per heavy atom. The van der Waals surface area contributed by atoms with E-state index in [1.165, 1.54) is 42.9 Å². The molecule has 0 unspecified atom stereocenters. The zero-order valence-corrected chi connectivity index (χ0v) is 14.4. The van der Waals surface area contributed by atoms with Gasteiger partial charge in [-0.25, -0.2) is 4.98 Å². The third-order valence-corrected chi connectivity index (χ3v) is 5.15. The van der Waals surface area contributed by atoms with Gasteiger partial charge in [0.2, 0.25) is 0 Å². The van der Waals surface area contributed by atoms with E-state index in [0.717, 1.165) is 24.6 Å². The summed E-state index contributed by atoms with van der Waals surface area (Å²) in [7, 11) is 0. The molecule has 3 rings (SSSR count). The molecule has 3 nitrogen and oxygen atoms in total. The summed E-state index contributed by atoms with van der Waals surface area (Å²) in [5.74, 6) is 0. The maximum Gasteiger partial charge on any atom is 0.123 e. The van der Waals surface area contributed by atoms with Gasteiger partial charge in [0.05, 0.1) is 5.69 Å². The fourth-order valence-electron chi connectivity index (χ4n) is 3.01. The lowest BCUT2D eigenvalue weighted by Crippen LogP contribution is -2.46. The summed E-state index contributed by atoms with van der Waals surface area (Å²) < 4.78 is 0. The Kier molecular flexibility index (Phi) is 5.24. The zero-order chi connectivity index (χ0) is 15.4. The number of hydrogen-bond donors (Lipinski definition) is 0. The van der Waals surface area contributed by atoms with Crippen molar-refractivity contribution in [1.29, 1.82) is 0 Å². The van der Waals surface area contributed by atoms with Crippen LogP contribution in [0.4, 0.5) is 0 Å². The fraction of sp³-hybridized carbons (Fsp3) is 0.500. The highest BCUT2D eigenvalue weighted by Crippen LogP contribution is 2.25. The summed E-state index contributed by atoms with van der Waals surface area (Å²) in [5.41, 5.74) is 3.75. The monoisotopic (exact) mass is 315 g/mol. The number of hydrogen-bond acceptors (Lipinski definition) is 4. The van der Waals surface area contributed by atoms with Crippen molar-refractivity contribution in [3.05, 3.63) is 40.9 Å². The zero-order valence-electron chi connectivity index (χ0n) is 13.6. The molecule has 0 N–H and O–H groups in total. The molecule has 0 bridgehead atoms. The second-order valence-corrected chi connectivity index (χ2v) is 6.99. The topological polar surface area (TPSA) is 19.4 Å². The van der Waals surface area contributed by atoms with Gasteiger partial charge in [-0.2, -0.15) is 0 Å². The Hall–Kier alpha value is -1.23. The van der Waals surface area contributed by atoms with Crippen molar-refractivity contribution in [2.24, 2.45) is 0 Å². The van der Waals surface area contributed by atoms with E-state index >= 15 is 0 Å². The first-order chi connectivity index (χ1) is 10.7. The van der Waals surface area contributed by atoms with Gasteiger partial charge in [0, 0.05) is 43.7 Å². The Morgan fingerprint density at radius 2 is 1.91 bits per heavy atom. The molecule has 1 aromatic carbocycles. The highest BCUT2D eigenvalue weighted by Gasteiger charge is 2.17. The van der Waals surface area contributed by atoms with E-state index in [-0.39, 0.29) is 0 Å². The SMILES string of the molecule is CCCN1CCN(Cc2csc(-c3cccc(C)c3)n2)CC1. The Morgan fingerprint density at radius 3 is 2.64 bits per heavy atom. The standard InChI is InChI=1S/C18H25N3S/c1-3-7-20-8-10-21(11-9-20)13-17-14-22-18(19-17)16-6-4-5-15(2)12-16/h4-6,12,14H,3,7-11,13H2,1-2H3. The lowest BCUT2D eigenvalue weighted by Gasteiger charge is -2.34. The van der Waals surface area contributed by atoms with Crippen LogP contribution < -0.4 is 0 Å². The third-order valence-electron chi connectivity index (χ3n) is 4.21. The molecule has 1 aromatic heterocycles. The maximum atomic E-state index is 4.83. The van der Waals surface area contributed by atoms with Crippen molar-refractivity contribution in [2.75, 3.05) is 32.7 Å². The lowest BCUT2D eigenvalue weighted by atomic mass is 10.1. The van der Waals surface area contributed by atoms with Gasteiger partial charge in [0.1, 0.15) is 5.01 Å². The van der Waals surface area contributed by atoms with E-state index in [9.17, 15) is 0 Å². The van der Waals surface area contributed by atoms with Crippen molar-refractivity contribution in [3.8, 4) is 10.6 Å². The molecular weight excluding hydrogens is 290 g/mol. The molecular formula is C18H25N3S. The van der Waals surface area contributed by atoms with Crippen LogP contribution in [0.3, 0.4) is 0 Å². The van der Waals surface area contributed by atoms with Gasteiger partial charge in [-0.3, -0.25) is 4.90 Å². The molecule has 4 heteroatoms. The number of rotatable bonds is 5. The average molecular weight is 315 g/mol. The number of benzene rings is 1. The molecule has 0 atom stereocenters. The molecule has 1 aliphatic rings. The molecule has 22 heavy (non-hydrogen) atoms. The van der Waals surface area contributed by atoms with Crippen LogP contribution in [0.5, 0.6) is 0 Å². The maximum absolute atomic E-state index is 4.83. The number of aromatic nitrogens is 1. The highest BCUT2D eigenvalue weighted by molar-refractivity contribution is 7.13. The summed E-state index contributed by atoms with van der Waals surface area (Å²) >= 11 is 1.76. The molecule has 0 saturated carbocycles. The summed E-state index contributed by atoms with van der Waals surface area (Å²) in [6.07, 6.45) is 1.26. The minimum Gasteiger partial charge on any atom is -0.301 e. The van der Waals surface area contributed by atoms with Gasteiger partial charge in [0.15, 0.2) is 0 Å². The molecule has 1 fully saturated rings. The highest BCUT2D eigenvalue weighted by atomic mass is 32.1. The molecule has 2 heterocycles. The van der Waals surface area contributed by atoms with Gasteiger partial charge in [-0.05, 0) is 26.0 Å². The van der Waals surface area contributed by atoms with Crippen LogP contribution in [0.2, 0.25) is 0 Å². The van der Waals surface area contributed by atoms with Crippen LogP contribution in [0.15, 0.2) is 29.6 Å². The Labute approximate surface area is 137 Å². The largest absolute Gasteiger partial charge is 0.301 e. The fourth-order valence-corrected chi connectivity index (χ4v) is 3.81.